The van der Waals surface area contributed by atoms with E-state index in [1.165, 1.54) is 12.0 Å². The quantitative estimate of drug-likeness (QED) is 0.289. The molecular weight excluding hydrogens is 488 g/mol. The second-order valence-electron chi connectivity index (χ2n) is 10.4. The number of pyridine rings is 2. The molecule has 3 N–H and O–H groups in total. The van der Waals surface area contributed by atoms with Gasteiger partial charge in [0.2, 0.25) is 0 Å². The average molecular weight is 519 g/mol. The fraction of sp³-hybridized carbons (Fsp3) is 0.276. The number of hydrogen-bond acceptors (Lipinski definition) is 8. The van der Waals surface area contributed by atoms with Gasteiger partial charge in [-0.3, -0.25) is 15.0 Å². The molecule has 0 spiro atoms. The van der Waals surface area contributed by atoms with Crippen molar-refractivity contribution in [2.45, 2.75) is 38.9 Å². The number of aryl methyl sites for hydroxylation is 2. The van der Waals surface area contributed by atoms with E-state index in [9.17, 15) is 0 Å². The van der Waals surface area contributed by atoms with Gasteiger partial charge < -0.3 is 15.2 Å². The molecule has 2 unspecified atom stereocenters. The summed E-state index contributed by atoms with van der Waals surface area (Å²) in [5.41, 5.74) is 6.04. The Morgan fingerprint density at radius 2 is 1.85 bits per heavy atom. The largest absolute Gasteiger partial charge is 0.360 e. The first-order chi connectivity index (χ1) is 19.1. The summed E-state index contributed by atoms with van der Waals surface area (Å²) in [5.74, 6) is 3.08. The Kier molecular flexibility index (Phi) is 5.81. The van der Waals surface area contributed by atoms with Crippen LogP contribution in [0.15, 0.2) is 67.1 Å². The SMILES string of the molecule is Cc1cc(Nc2cc(C)[nH]n2)nc(-c2ccc(N3CC4CC(C3)N4Cc3ccc(-c4ccc[nH]4)nc3)nc2)n1. The van der Waals surface area contributed by atoms with Crippen molar-refractivity contribution >= 4 is 17.5 Å². The molecule has 5 aromatic rings. The molecule has 10 heteroatoms. The lowest BCUT2D eigenvalue weighted by molar-refractivity contribution is -0.00874. The third-order valence-corrected chi connectivity index (χ3v) is 7.55. The normalized spacial score (nSPS) is 18.7. The van der Waals surface area contributed by atoms with Crippen molar-refractivity contribution in [2.75, 3.05) is 23.3 Å². The molecule has 5 aromatic heterocycles. The summed E-state index contributed by atoms with van der Waals surface area (Å²) >= 11 is 0. The van der Waals surface area contributed by atoms with Gasteiger partial charge in [-0.25, -0.2) is 15.0 Å². The zero-order valence-corrected chi connectivity index (χ0v) is 22.0. The molecule has 3 saturated heterocycles. The van der Waals surface area contributed by atoms with Gasteiger partial charge in [0.25, 0.3) is 0 Å². The molecule has 3 aliphatic rings. The van der Waals surface area contributed by atoms with E-state index in [1.807, 2.05) is 56.7 Å². The molecule has 8 heterocycles. The lowest BCUT2D eigenvalue weighted by atomic mass is 9.87. The van der Waals surface area contributed by atoms with E-state index in [0.29, 0.717) is 23.7 Å². The number of aromatic nitrogens is 7. The minimum atomic E-state index is 0.535. The third kappa shape index (κ3) is 4.74. The highest BCUT2D eigenvalue weighted by Gasteiger charge is 2.44. The molecule has 0 aromatic carbocycles. The second kappa shape index (κ2) is 9.63. The Balaban J connectivity index is 0.996. The monoisotopic (exact) mass is 518 g/mol. The molecule has 196 valence electrons. The van der Waals surface area contributed by atoms with E-state index in [0.717, 1.165) is 59.6 Å². The number of aromatic amines is 2. The maximum Gasteiger partial charge on any atom is 0.163 e. The molecule has 10 nitrogen and oxygen atoms in total. The molecule has 0 amide bonds. The number of piperazine rings is 1. The average Bonchev–Trinajstić information content (AvgIpc) is 3.64. The van der Waals surface area contributed by atoms with Crippen LogP contribution in [-0.4, -0.2) is 65.2 Å². The highest BCUT2D eigenvalue weighted by atomic mass is 15.4. The van der Waals surface area contributed by atoms with Gasteiger partial charge in [0.1, 0.15) is 11.6 Å². The number of piperidine rings is 1. The molecule has 39 heavy (non-hydrogen) atoms. The fourth-order valence-electron chi connectivity index (χ4n) is 5.59. The highest BCUT2D eigenvalue weighted by Crippen LogP contribution is 2.35. The summed E-state index contributed by atoms with van der Waals surface area (Å²) in [6.07, 6.45) is 7.05. The van der Waals surface area contributed by atoms with E-state index in [2.05, 4.69) is 64.5 Å². The number of nitrogens with one attached hydrogen (secondary N) is 3. The van der Waals surface area contributed by atoms with Crippen molar-refractivity contribution < 1.29 is 0 Å². The molecule has 0 saturated carbocycles. The van der Waals surface area contributed by atoms with Gasteiger partial charge in [-0.05, 0) is 56.2 Å². The number of fused-ring (bicyclic) bond motifs is 2. The predicted molar refractivity (Wildman–Crippen MR) is 151 cm³/mol. The number of nitrogens with zero attached hydrogens (tertiary/aromatic N) is 7. The minimum absolute atomic E-state index is 0.535. The van der Waals surface area contributed by atoms with E-state index >= 15 is 0 Å². The fourth-order valence-corrected chi connectivity index (χ4v) is 5.59. The van der Waals surface area contributed by atoms with Crippen molar-refractivity contribution in [3.8, 4) is 22.8 Å². The van der Waals surface area contributed by atoms with Crippen LogP contribution in [0.3, 0.4) is 0 Å². The number of rotatable bonds is 7. The molecule has 0 radical (unpaired) electrons. The maximum absolute atomic E-state index is 4.80. The van der Waals surface area contributed by atoms with Crippen LogP contribution < -0.4 is 10.2 Å². The van der Waals surface area contributed by atoms with E-state index < -0.39 is 0 Å². The van der Waals surface area contributed by atoms with Gasteiger partial charge in [0.05, 0.1) is 11.4 Å². The summed E-state index contributed by atoms with van der Waals surface area (Å²) in [7, 11) is 0. The number of H-pyrrole nitrogens is 2. The maximum atomic E-state index is 4.80. The van der Waals surface area contributed by atoms with Crippen molar-refractivity contribution in [2.24, 2.45) is 0 Å². The Hall–Kier alpha value is -4.57. The Labute approximate surface area is 226 Å². The van der Waals surface area contributed by atoms with Crippen LogP contribution in [0.1, 0.15) is 23.4 Å². The number of hydrogen-bond donors (Lipinski definition) is 3. The summed E-state index contributed by atoms with van der Waals surface area (Å²) in [6.45, 7) is 6.83. The van der Waals surface area contributed by atoms with Crippen LogP contribution in [0.2, 0.25) is 0 Å². The summed E-state index contributed by atoms with van der Waals surface area (Å²) in [4.78, 5) is 27.0. The van der Waals surface area contributed by atoms with Gasteiger partial charge in [-0.1, -0.05) is 6.07 Å². The zero-order chi connectivity index (χ0) is 26.3. The summed E-state index contributed by atoms with van der Waals surface area (Å²) in [6, 6.07) is 17.4. The molecule has 3 fully saturated rings. The summed E-state index contributed by atoms with van der Waals surface area (Å²) < 4.78 is 0. The Morgan fingerprint density at radius 1 is 0.949 bits per heavy atom. The van der Waals surface area contributed by atoms with Crippen molar-refractivity contribution in [3.05, 3.63) is 84.1 Å². The lowest BCUT2D eigenvalue weighted by Crippen LogP contribution is -2.68. The molecule has 3 aliphatic heterocycles. The van der Waals surface area contributed by atoms with E-state index in [4.69, 9.17) is 9.97 Å². The van der Waals surface area contributed by atoms with Gasteiger partial charge in [0.15, 0.2) is 11.6 Å². The highest BCUT2D eigenvalue weighted by molar-refractivity contribution is 5.61. The van der Waals surface area contributed by atoms with Crippen LogP contribution >= 0.6 is 0 Å². The predicted octanol–water partition coefficient (Wildman–Crippen LogP) is 4.48. The van der Waals surface area contributed by atoms with Crippen LogP contribution in [-0.2, 0) is 6.54 Å². The smallest absolute Gasteiger partial charge is 0.163 e. The van der Waals surface area contributed by atoms with Crippen molar-refractivity contribution in [1.29, 1.82) is 0 Å². The van der Waals surface area contributed by atoms with E-state index in [1.54, 1.807) is 0 Å². The topological polar surface area (TPSA) is 115 Å². The molecule has 8 rings (SSSR count). The zero-order valence-electron chi connectivity index (χ0n) is 22.0. The first kappa shape index (κ1) is 23.5. The molecule has 2 bridgehead atoms. The third-order valence-electron chi connectivity index (χ3n) is 7.55. The summed E-state index contributed by atoms with van der Waals surface area (Å²) in [5, 5.41) is 10.4. The van der Waals surface area contributed by atoms with Gasteiger partial charge in [-0.2, -0.15) is 5.10 Å². The number of anilines is 3. The van der Waals surface area contributed by atoms with Gasteiger partial charge in [-0.15, -0.1) is 0 Å². The van der Waals surface area contributed by atoms with Crippen LogP contribution in [0, 0.1) is 13.8 Å². The Morgan fingerprint density at radius 3 is 2.54 bits per heavy atom. The molecular formula is C29H30N10. The van der Waals surface area contributed by atoms with Crippen LogP contribution in [0.25, 0.3) is 22.8 Å². The van der Waals surface area contributed by atoms with Crippen molar-refractivity contribution in [3.63, 3.8) is 0 Å². The second-order valence-corrected chi connectivity index (χ2v) is 10.4. The van der Waals surface area contributed by atoms with Crippen LogP contribution in [0.4, 0.5) is 17.5 Å². The van der Waals surface area contributed by atoms with Gasteiger partial charge >= 0.3 is 0 Å². The van der Waals surface area contributed by atoms with Crippen LogP contribution in [0.5, 0.6) is 0 Å². The first-order valence-electron chi connectivity index (χ1n) is 13.3. The minimum Gasteiger partial charge on any atom is -0.360 e. The van der Waals surface area contributed by atoms with E-state index in [-0.39, 0.29) is 0 Å². The Bertz CT molecular complexity index is 1560. The van der Waals surface area contributed by atoms with Gasteiger partial charge in [0, 0.05) is 79.4 Å². The first-order valence-corrected chi connectivity index (χ1v) is 13.3. The standard InChI is InChI=1S/C29H30N10/c1-18-10-26(34-27-11-19(2)36-37-27)35-29(33-18)21-6-8-28(32-14-21)38-16-22-12-23(17-38)39(22)15-20-5-7-25(31-13-20)24-4-3-9-30-24/h3-11,13-14,22-23,30H,12,15-17H2,1-2H3,(H2,33,34,35,36,37). The molecule has 0 aliphatic carbocycles. The lowest BCUT2D eigenvalue weighted by Gasteiger charge is -2.56. The molecule has 2 atom stereocenters. The van der Waals surface area contributed by atoms with Crippen molar-refractivity contribution in [1.82, 2.24) is 40.0 Å².